The predicted molar refractivity (Wildman–Crippen MR) is 86.0 cm³/mol. The molecule has 0 fully saturated rings. The van der Waals surface area contributed by atoms with Crippen LogP contribution in [0.5, 0.6) is 0 Å². The van der Waals surface area contributed by atoms with E-state index in [2.05, 4.69) is 58.7 Å². The number of hydrogen-bond acceptors (Lipinski definition) is 4. The minimum absolute atomic E-state index is 0.404. The van der Waals surface area contributed by atoms with E-state index in [0.717, 1.165) is 36.6 Å². The Morgan fingerprint density at radius 3 is 2.90 bits per heavy atom. The molecule has 0 spiro atoms. The van der Waals surface area contributed by atoms with Gasteiger partial charge in [0.15, 0.2) is 0 Å². The van der Waals surface area contributed by atoms with Gasteiger partial charge in [-0.1, -0.05) is 26.0 Å². The van der Waals surface area contributed by atoms with Crippen molar-refractivity contribution in [2.75, 3.05) is 11.9 Å². The topological polar surface area (TPSA) is 49.8 Å². The van der Waals surface area contributed by atoms with Gasteiger partial charge in [0.05, 0.1) is 0 Å². The van der Waals surface area contributed by atoms with E-state index >= 15 is 0 Å². The summed E-state index contributed by atoms with van der Waals surface area (Å²) in [6, 6.07) is 8.45. The summed E-state index contributed by atoms with van der Waals surface area (Å²) in [5, 5.41) is 6.82. The molecule has 1 aromatic carbocycles. The van der Waals surface area contributed by atoms with E-state index in [-0.39, 0.29) is 0 Å². The number of fused-ring (bicyclic) bond motifs is 1. The van der Waals surface area contributed by atoms with Gasteiger partial charge in [-0.15, -0.1) is 0 Å². The summed E-state index contributed by atoms with van der Waals surface area (Å²) < 4.78 is 0. The van der Waals surface area contributed by atoms with Crippen LogP contribution in [-0.4, -0.2) is 16.5 Å². The molecule has 0 radical (unpaired) electrons. The first-order chi connectivity index (χ1) is 10.1. The third-order valence-electron chi connectivity index (χ3n) is 3.85. The molecule has 2 heterocycles. The third-order valence-corrected chi connectivity index (χ3v) is 3.85. The molecule has 110 valence electrons. The Morgan fingerprint density at radius 1 is 1.24 bits per heavy atom. The van der Waals surface area contributed by atoms with Gasteiger partial charge >= 0.3 is 0 Å². The van der Waals surface area contributed by atoms with Crippen molar-refractivity contribution < 1.29 is 0 Å². The zero-order valence-corrected chi connectivity index (χ0v) is 12.9. The van der Waals surface area contributed by atoms with Gasteiger partial charge in [-0.25, -0.2) is 9.97 Å². The predicted octanol–water partition coefficient (Wildman–Crippen LogP) is 3.30. The molecule has 0 amide bonds. The molecule has 2 N–H and O–H groups in total. The van der Waals surface area contributed by atoms with Crippen molar-refractivity contribution in [3.05, 3.63) is 46.8 Å². The average Bonchev–Trinajstić information content (AvgIpc) is 2.47. The van der Waals surface area contributed by atoms with Crippen molar-refractivity contribution in [2.24, 2.45) is 0 Å². The molecule has 3 rings (SSSR count). The fourth-order valence-corrected chi connectivity index (χ4v) is 2.71. The Kier molecular flexibility index (Phi) is 3.88. The van der Waals surface area contributed by atoms with Crippen molar-refractivity contribution in [3.63, 3.8) is 0 Å². The van der Waals surface area contributed by atoms with Crippen LogP contribution < -0.4 is 10.6 Å². The molecule has 1 aliphatic heterocycles. The number of benzene rings is 1. The van der Waals surface area contributed by atoms with E-state index in [1.807, 2.05) is 6.92 Å². The van der Waals surface area contributed by atoms with E-state index in [9.17, 15) is 0 Å². The van der Waals surface area contributed by atoms with Gasteiger partial charge < -0.3 is 10.6 Å². The van der Waals surface area contributed by atoms with Crippen LogP contribution >= 0.6 is 0 Å². The third kappa shape index (κ3) is 3.05. The second-order valence-electron chi connectivity index (χ2n) is 5.91. The molecule has 0 aliphatic carbocycles. The largest absolute Gasteiger partial charge is 0.324 e. The molecule has 1 aromatic heterocycles. The Morgan fingerprint density at radius 2 is 2.10 bits per heavy atom. The minimum atomic E-state index is 0.404. The molecule has 4 heteroatoms. The van der Waals surface area contributed by atoms with Gasteiger partial charge in [0.1, 0.15) is 0 Å². The second kappa shape index (κ2) is 5.82. The normalized spacial score (nSPS) is 14.1. The maximum atomic E-state index is 4.64. The Balaban J connectivity index is 1.94. The number of rotatable bonds is 3. The van der Waals surface area contributed by atoms with Crippen LogP contribution in [0, 0.1) is 6.92 Å². The zero-order chi connectivity index (χ0) is 14.8. The van der Waals surface area contributed by atoms with Crippen LogP contribution in [-0.2, 0) is 13.0 Å². The first-order valence-corrected chi connectivity index (χ1v) is 7.57. The lowest BCUT2D eigenvalue weighted by Gasteiger charge is -2.21. The summed E-state index contributed by atoms with van der Waals surface area (Å²) in [6.45, 7) is 8.29. The van der Waals surface area contributed by atoms with Crippen LogP contribution in [0.1, 0.15) is 42.3 Å². The number of anilines is 2. The highest BCUT2D eigenvalue weighted by Gasteiger charge is 2.13. The summed E-state index contributed by atoms with van der Waals surface area (Å²) in [5.41, 5.74) is 5.96. The molecule has 0 unspecified atom stereocenters. The van der Waals surface area contributed by atoms with Crippen LogP contribution in [0.3, 0.4) is 0 Å². The summed E-state index contributed by atoms with van der Waals surface area (Å²) >= 11 is 0. The van der Waals surface area contributed by atoms with Crippen molar-refractivity contribution in [3.8, 4) is 0 Å². The molecule has 2 aromatic rings. The molecule has 0 atom stereocenters. The Hall–Kier alpha value is -1.94. The Labute approximate surface area is 126 Å². The summed E-state index contributed by atoms with van der Waals surface area (Å²) in [6.07, 6.45) is 1.04. The standard InChI is InChI=1S/C17H22N4/c1-11(2)16-9-12(3)19-17(21-16)20-15-6-4-5-13-10-18-8-7-14(13)15/h4-6,9,11,18H,7-8,10H2,1-3H3,(H,19,20,21). The number of aryl methyl sites for hydroxylation is 1. The van der Waals surface area contributed by atoms with Gasteiger partial charge in [0, 0.05) is 23.6 Å². The quantitative estimate of drug-likeness (QED) is 0.907. The lowest BCUT2D eigenvalue weighted by atomic mass is 9.99. The van der Waals surface area contributed by atoms with E-state index in [0.29, 0.717) is 11.9 Å². The molecule has 0 saturated carbocycles. The summed E-state index contributed by atoms with van der Waals surface area (Å²) in [4.78, 5) is 9.16. The molecule has 0 saturated heterocycles. The summed E-state index contributed by atoms with van der Waals surface area (Å²) in [5.74, 6) is 1.10. The van der Waals surface area contributed by atoms with Gasteiger partial charge in [0.2, 0.25) is 5.95 Å². The molecular weight excluding hydrogens is 260 g/mol. The first kappa shape index (κ1) is 14.0. The van der Waals surface area contributed by atoms with Crippen molar-refractivity contribution >= 4 is 11.6 Å². The highest BCUT2D eigenvalue weighted by Crippen LogP contribution is 2.25. The smallest absolute Gasteiger partial charge is 0.227 e. The van der Waals surface area contributed by atoms with Crippen molar-refractivity contribution in [1.29, 1.82) is 0 Å². The first-order valence-electron chi connectivity index (χ1n) is 7.57. The van der Waals surface area contributed by atoms with Crippen molar-refractivity contribution in [2.45, 2.75) is 39.7 Å². The number of nitrogens with zero attached hydrogens (tertiary/aromatic N) is 2. The highest BCUT2D eigenvalue weighted by molar-refractivity contribution is 5.61. The van der Waals surface area contributed by atoms with Crippen molar-refractivity contribution in [1.82, 2.24) is 15.3 Å². The monoisotopic (exact) mass is 282 g/mol. The van der Waals surface area contributed by atoms with Gasteiger partial charge in [-0.05, 0) is 49.1 Å². The lowest BCUT2D eigenvalue weighted by molar-refractivity contribution is 0.645. The SMILES string of the molecule is Cc1cc(C(C)C)nc(Nc2cccc3c2CCNC3)n1. The molecule has 4 nitrogen and oxygen atoms in total. The van der Waals surface area contributed by atoms with E-state index in [1.54, 1.807) is 0 Å². The maximum Gasteiger partial charge on any atom is 0.227 e. The molecule has 21 heavy (non-hydrogen) atoms. The Bertz CT molecular complexity index is 649. The van der Waals surface area contributed by atoms with Crippen LogP contribution in [0.4, 0.5) is 11.6 Å². The highest BCUT2D eigenvalue weighted by atomic mass is 15.1. The second-order valence-corrected chi connectivity index (χ2v) is 5.91. The van der Waals surface area contributed by atoms with Crippen LogP contribution in [0.25, 0.3) is 0 Å². The lowest BCUT2D eigenvalue weighted by Crippen LogP contribution is -2.24. The van der Waals surface area contributed by atoms with Gasteiger partial charge in [-0.2, -0.15) is 0 Å². The molecule has 0 bridgehead atoms. The van der Waals surface area contributed by atoms with E-state index in [1.165, 1.54) is 11.1 Å². The zero-order valence-electron chi connectivity index (χ0n) is 12.9. The van der Waals surface area contributed by atoms with Crippen LogP contribution in [0.2, 0.25) is 0 Å². The number of hydrogen-bond donors (Lipinski definition) is 2. The van der Waals surface area contributed by atoms with E-state index < -0.39 is 0 Å². The van der Waals surface area contributed by atoms with E-state index in [4.69, 9.17) is 0 Å². The summed E-state index contributed by atoms with van der Waals surface area (Å²) in [7, 11) is 0. The fourth-order valence-electron chi connectivity index (χ4n) is 2.71. The van der Waals surface area contributed by atoms with Crippen LogP contribution in [0.15, 0.2) is 24.3 Å². The number of aromatic nitrogens is 2. The average molecular weight is 282 g/mol. The number of nitrogens with one attached hydrogen (secondary N) is 2. The molecule has 1 aliphatic rings. The molecular formula is C17H22N4. The minimum Gasteiger partial charge on any atom is -0.324 e. The van der Waals surface area contributed by atoms with Gasteiger partial charge in [0.25, 0.3) is 0 Å². The fraction of sp³-hybridized carbons (Fsp3) is 0.412. The maximum absolute atomic E-state index is 4.64. The van der Waals surface area contributed by atoms with Gasteiger partial charge in [-0.3, -0.25) is 0 Å².